The number of alkyl halides is 3. The van der Waals surface area contributed by atoms with E-state index in [0.717, 1.165) is 48.9 Å². The van der Waals surface area contributed by atoms with E-state index in [1.807, 2.05) is 41.6 Å². The number of carbonyl (C=O) groups excluding carboxylic acids is 4. The van der Waals surface area contributed by atoms with Crippen molar-refractivity contribution in [2.45, 2.75) is 75.4 Å². The maximum atomic E-state index is 12.8. The molecule has 6 rings (SSSR count). The van der Waals surface area contributed by atoms with Crippen LogP contribution in [0, 0.1) is 17.4 Å². The van der Waals surface area contributed by atoms with Crippen molar-refractivity contribution in [2.24, 2.45) is 7.05 Å². The minimum atomic E-state index is -4.76. The first kappa shape index (κ1) is 63.6. The van der Waals surface area contributed by atoms with Crippen LogP contribution in [0.2, 0.25) is 5.02 Å². The number of amides is 2. The first-order valence-electron chi connectivity index (χ1n) is 21.6. The monoisotopic (exact) mass is 1230 g/mol. The van der Waals surface area contributed by atoms with Crippen LogP contribution >= 0.6 is 34.2 Å². The van der Waals surface area contributed by atoms with Gasteiger partial charge in [-0.25, -0.2) is 31.4 Å². The third kappa shape index (κ3) is 17.9. The Labute approximate surface area is 469 Å². The number of fused-ring (bicyclic) bond motifs is 1. The van der Waals surface area contributed by atoms with Gasteiger partial charge < -0.3 is 29.0 Å². The second-order valence-electron chi connectivity index (χ2n) is 15.6. The van der Waals surface area contributed by atoms with Gasteiger partial charge in [-0.3, -0.25) is 29.1 Å². The molecule has 1 unspecified atom stereocenters. The fourth-order valence-electron chi connectivity index (χ4n) is 6.52. The van der Waals surface area contributed by atoms with Gasteiger partial charge in [-0.05, 0) is 117 Å². The number of carbonyl (C=O) groups is 4. The number of nitrogens with one attached hydrogen (secondary N) is 2. The van der Waals surface area contributed by atoms with Crippen molar-refractivity contribution in [3.8, 4) is 11.8 Å². The zero-order valence-electron chi connectivity index (χ0n) is 41.7. The Morgan fingerprint density at radius 3 is 2.23 bits per heavy atom. The quantitative estimate of drug-likeness (QED) is 0.0407. The number of nitrogens with zero attached hydrogens (tertiary/aromatic N) is 6. The average Bonchev–Trinajstić information content (AvgIpc) is 3.59. The van der Waals surface area contributed by atoms with E-state index in [4.69, 9.17) is 25.8 Å². The number of aromatic amines is 1. The molecular formula is C46H48ClF3IN8NaO13S2. The number of halogens is 5. The molecule has 0 fully saturated rings. The number of benzene rings is 3. The molecule has 2 amide bonds. The summed E-state index contributed by atoms with van der Waals surface area (Å²) >= 11 is 8.00. The van der Waals surface area contributed by atoms with E-state index in [0.29, 0.717) is 38.2 Å². The molecule has 29 heteroatoms. The summed E-state index contributed by atoms with van der Waals surface area (Å²) in [6.07, 6.45) is 1.77. The Balaban J connectivity index is 0.000000296. The number of pyridine rings is 1. The van der Waals surface area contributed by atoms with Gasteiger partial charge in [-0.1, -0.05) is 31.4 Å². The number of methoxy groups -OCH3 is 2. The molecule has 0 aliphatic heterocycles. The van der Waals surface area contributed by atoms with Crippen LogP contribution in [0.1, 0.15) is 82.9 Å². The SMILES string of the molecule is CCCCCC(C)OC(=O)COc1ccc(Cl)c2cccnc12.COC(=O)c1ccc(I)cc1S(=O)(=O)[N-]C(=O)Nc1nc(C)nc(OC)n1.Cc1[nH]n(C)c(=O)c1C(=O)c1ccc(C(F)(F)F)cc1S(C)(=O)=O.[Na+]. The number of ether oxygens (including phenoxy) is 4. The second kappa shape index (κ2) is 27.9. The number of urea groups is 1. The Morgan fingerprint density at radius 1 is 0.947 bits per heavy atom. The smallest absolute Gasteiger partial charge is 0.480 e. The van der Waals surface area contributed by atoms with Crippen molar-refractivity contribution < 1.29 is 97.7 Å². The van der Waals surface area contributed by atoms with Gasteiger partial charge >= 0.3 is 53.7 Å². The number of rotatable bonds is 16. The van der Waals surface area contributed by atoms with Crippen molar-refractivity contribution in [1.82, 2.24) is 29.7 Å². The summed E-state index contributed by atoms with van der Waals surface area (Å²) in [5, 5.41) is 6.09. The summed E-state index contributed by atoms with van der Waals surface area (Å²) in [5.41, 5.74) is -2.11. The molecule has 0 radical (unpaired) electrons. The number of hydrogen-bond donors (Lipinski definition) is 2. The number of H-pyrrole nitrogens is 1. The van der Waals surface area contributed by atoms with E-state index in [2.05, 4.69) is 46.7 Å². The van der Waals surface area contributed by atoms with Crippen molar-refractivity contribution in [3.05, 3.63) is 124 Å². The number of aromatic nitrogens is 6. The number of ketones is 1. The number of sulfone groups is 1. The molecule has 0 saturated heterocycles. The fraction of sp³-hybridized carbons (Fsp3) is 0.326. The van der Waals surface area contributed by atoms with Crippen molar-refractivity contribution in [1.29, 1.82) is 0 Å². The molecule has 0 aliphatic carbocycles. The molecule has 0 aliphatic rings. The molecule has 0 bridgehead atoms. The van der Waals surface area contributed by atoms with Crippen LogP contribution in [0.25, 0.3) is 15.6 Å². The van der Waals surface area contributed by atoms with Gasteiger partial charge in [0.25, 0.3) is 5.56 Å². The van der Waals surface area contributed by atoms with Gasteiger partial charge in [0.05, 0.1) is 46.3 Å². The number of anilines is 1. The number of sulfonamides is 1. The predicted molar refractivity (Wildman–Crippen MR) is 272 cm³/mol. The summed E-state index contributed by atoms with van der Waals surface area (Å²) < 4.78 is 112. The molecule has 6 aromatic rings. The van der Waals surface area contributed by atoms with Gasteiger partial charge in [0, 0.05) is 39.7 Å². The van der Waals surface area contributed by atoms with Crippen molar-refractivity contribution >= 4 is 94.7 Å². The van der Waals surface area contributed by atoms with Crippen molar-refractivity contribution in [3.63, 3.8) is 0 Å². The second-order valence-corrected chi connectivity index (χ2v) is 20.8. The number of aryl methyl sites for hydroxylation is 3. The number of hydrogen-bond acceptors (Lipinski definition) is 17. The van der Waals surface area contributed by atoms with Gasteiger partial charge in [0.2, 0.25) is 15.8 Å². The van der Waals surface area contributed by atoms with Crippen LogP contribution in [-0.4, -0.2) is 103 Å². The Hall–Kier alpha value is -5.72. The number of esters is 2. The first-order chi connectivity index (χ1) is 34.6. The van der Waals surface area contributed by atoms with Crippen LogP contribution in [0.4, 0.5) is 23.9 Å². The molecule has 21 nitrogen and oxygen atoms in total. The third-order valence-corrected chi connectivity index (χ3v) is 13.4. The van der Waals surface area contributed by atoms with Gasteiger partial charge in [0.15, 0.2) is 28.4 Å². The van der Waals surface area contributed by atoms with Crippen LogP contribution in [-0.2, 0) is 47.4 Å². The summed E-state index contributed by atoms with van der Waals surface area (Å²) in [5.74, 6) is -1.67. The Bertz CT molecular complexity index is 3350. The number of unbranched alkanes of at least 4 members (excludes halogenated alkanes) is 2. The maximum absolute atomic E-state index is 12.8. The van der Waals surface area contributed by atoms with Gasteiger partial charge in [0.1, 0.15) is 22.7 Å². The standard InChI is InChI=1S/C18H22ClNO3.C14H13F3N2O4S.C14H14IN5O6S.Na/c1-3-4-5-7-13(2)23-17(21)12-22-16-10-9-15(19)14-8-6-11-20-18(14)16;1-7-11(13(21)19(2)18-7)12(20)9-5-4-8(14(15,16)17)6-10(9)24(3,22)23;1-7-16-12(19-14(17-7)26-3)18-13(22)20-27(23,24)10-6-8(15)4-5-9(10)11(21)25-2;/h6,8-11,13H,3-5,7,12H2,1-2H3;4-6,18H,1-3H3;4-6H,1-3H3,(H2,16,17,18,19,20,22);/q;;;+1/p-1. The molecule has 1 atom stereocenters. The topological polar surface area (TPSA) is 289 Å². The predicted octanol–water partition coefficient (Wildman–Crippen LogP) is 5.33. The van der Waals surface area contributed by atoms with Crippen LogP contribution in [0.5, 0.6) is 11.8 Å². The maximum Gasteiger partial charge on any atom is 1.00 e. The van der Waals surface area contributed by atoms with Gasteiger partial charge in [-0.15, -0.1) is 0 Å². The zero-order valence-corrected chi connectivity index (χ0v) is 48.2. The molecule has 3 heterocycles. The molecule has 3 aromatic carbocycles. The largest absolute Gasteiger partial charge is 1.00 e. The normalized spacial score (nSPS) is 11.6. The average molecular weight is 1230 g/mol. The molecular weight excluding hydrogens is 1180 g/mol. The third-order valence-electron chi connectivity index (χ3n) is 9.94. The molecule has 0 spiro atoms. The first-order valence-corrected chi connectivity index (χ1v) is 26.4. The molecule has 0 saturated carbocycles. The molecule has 398 valence electrons. The van der Waals surface area contributed by atoms with Crippen LogP contribution < -0.4 is 49.9 Å². The minimum absolute atomic E-state index is 0. The van der Waals surface area contributed by atoms with E-state index in [1.54, 1.807) is 18.3 Å². The van der Waals surface area contributed by atoms with E-state index in [1.165, 1.54) is 46.2 Å². The van der Waals surface area contributed by atoms with E-state index >= 15 is 0 Å². The molecule has 75 heavy (non-hydrogen) atoms. The molecule has 3 aromatic heterocycles. The summed E-state index contributed by atoms with van der Waals surface area (Å²) in [7, 11) is -4.85. The van der Waals surface area contributed by atoms with Crippen molar-refractivity contribution in [2.75, 3.05) is 32.4 Å². The fourth-order valence-corrected chi connectivity index (χ4v) is 9.40. The van der Waals surface area contributed by atoms with E-state index < -0.39 is 70.3 Å². The minimum Gasteiger partial charge on any atom is -0.480 e. The van der Waals surface area contributed by atoms with Gasteiger partial charge in [-0.2, -0.15) is 23.1 Å². The van der Waals surface area contributed by atoms with Crippen LogP contribution in [0.3, 0.4) is 0 Å². The zero-order chi connectivity index (χ0) is 55.3. The molecule has 2 N–H and O–H groups in total. The van der Waals surface area contributed by atoms with E-state index in [9.17, 15) is 54.0 Å². The van der Waals surface area contributed by atoms with Crippen LogP contribution in [0.15, 0.2) is 81.4 Å². The Morgan fingerprint density at radius 2 is 1.63 bits per heavy atom. The Kier molecular flexibility index (Phi) is 23.6. The summed E-state index contributed by atoms with van der Waals surface area (Å²) in [6, 6.07) is 11.6. The summed E-state index contributed by atoms with van der Waals surface area (Å²) in [4.78, 5) is 74.7. The van der Waals surface area contributed by atoms with E-state index in [-0.39, 0.29) is 82.8 Å². The summed E-state index contributed by atoms with van der Waals surface area (Å²) in [6.45, 7) is 6.88.